The van der Waals surface area contributed by atoms with Crippen LogP contribution in [0.4, 0.5) is 0 Å². The quantitative estimate of drug-likeness (QED) is 0.686. The van der Waals surface area contributed by atoms with E-state index in [0.29, 0.717) is 33.3 Å². The Kier molecular flexibility index (Phi) is 3.64. The molecule has 3 aromatic rings. The smallest absolute Gasteiger partial charge is 0.244 e. The normalized spacial score (nSPS) is 17.1. The van der Waals surface area contributed by atoms with Crippen molar-refractivity contribution in [3.8, 4) is 34.7 Å². The van der Waals surface area contributed by atoms with E-state index in [4.69, 9.17) is 31.5 Å². The van der Waals surface area contributed by atoms with Crippen LogP contribution >= 0.6 is 11.6 Å². The van der Waals surface area contributed by atoms with E-state index in [2.05, 4.69) is 21.3 Å². The van der Waals surface area contributed by atoms with E-state index in [9.17, 15) is 5.26 Å². The van der Waals surface area contributed by atoms with Gasteiger partial charge in [0.2, 0.25) is 18.6 Å². The number of halogens is 1. The highest BCUT2D eigenvalue weighted by atomic mass is 35.5. The summed E-state index contributed by atoms with van der Waals surface area (Å²) in [6, 6.07) is 9.27. The highest BCUT2D eigenvalue weighted by Crippen LogP contribution is 2.49. The Labute approximate surface area is 164 Å². The van der Waals surface area contributed by atoms with E-state index in [1.807, 2.05) is 12.1 Å². The lowest BCUT2D eigenvalue weighted by molar-refractivity contribution is 0.174. The first-order valence-electron chi connectivity index (χ1n) is 8.32. The van der Waals surface area contributed by atoms with Gasteiger partial charge in [0.1, 0.15) is 11.6 Å². The standard InChI is InChI=1S/C19H12ClN5O3/c20-12-5-14-13(26-8-27-14)4-10(12)15-11(6-21)18(22)28-19-16(15)17(24-25-19)9-2-1-3-23-7-9/h1-5,7,15H,8,22H2,(H,24,25)/t15-/m0/s1. The number of nitrogens with zero attached hydrogens (tertiary/aromatic N) is 3. The summed E-state index contributed by atoms with van der Waals surface area (Å²) in [4.78, 5) is 4.15. The molecule has 138 valence electrons. The number of fused-ring (bicyclic) bond motifs is 2. The molecule has 3 N–H and O–H groups in total. The summed E-state index contributed by atoms with van der Waals surface area (Å²) < 4.78 is 16.5. The van der Waals surface area contributed by atoms with Gasteiger partial charge in [-0.05, 0) is 23.8 Å². The third-order valence-electron chi connectivity index (χ3n) is 4.69. The number of nitrogens with two attached hydrogens (primary N) is 1. The van der Waals surface area contributed by atoms with Crippen molar-refractivity contribution in [3.05, 3.63) is 64.3 Å². The maximum Gasteiger partial charge on any atom is 0.244 e. The maximum atomic E-state index is 9.79. The van der Waals surface area contributed by atoms with Gasteiger partial charge in [0, 0.05) is 29.0 Å². The van der Waals surface area contributed by atoms with Crippen LogP contribution in [0, 0.1) is 11.3 Å². The molecule has 5 rings (SSSR count). The minimum absolute atomic E-state index is 0.0158. The molecular formula is C19H12ClN5O3. The summed E-state index contributed by atoms with van der Waals surface area (Å²) in [5.41, 5.74) is 9.00. The van der Waals surface area contributed by atoms with Gasteiger partial charge in [-0.2, -0.15) is 5.26 Å². The highest BCUT2D eigenvalue weighted by Gasteiger charge is 2.37. The fraction of sp³-hybridized carbons (Fsp3) is 0.105. The fourth-order valence-electron chi connectivity index (χ4n) is 3.44. The van der Waals surface area contributed by atoms with Crippen LogP contribution in [-0.4, -0.2) is 22.0 Å². The minimum Gasteiger partial charge on any atom is -0.454 e. The molecular weight excluding hydrogens is 382 g/mol. The van der Waals surface area contributed by atoms with E-state index in [1.165, 1.54) is 0 Å². The number of hydrogen-bond donors (Lipinski definition) is 2. The molecule has 0 fully saturated rings. The summed E-state index contributed by atoms with van der Waals surface area (Å²) >= 11 is 6.55. The largest absolute Gasteiger partial charge is 0.454 e. The van der Waals surface area contributed by atoms with E-state index < -0.39 is 5.92 Å². The number of pyridine rings is 1. The molecule has 0 radical (unpaired) electrons. The molecule has 1 atom stereocenters. The Morgan fingerprint density at radius 1 is 1.29 bits per heavy atom. The second kappa shape index (κ2) is 6.18. The molecule has 0 spiro atoms. The number of nitriles is 1. The maximum absolute atomic E-state index is 9.79. The molecule has 0 bridgehead atoms. The molecule has 1 aromatic carbocycles. The number of rotatable bonds is 2. The van der Waals surface area contributed by atoms with Crippen LogP contribution < -0.4 is 19.9 Å². The zero-order chi connectivity index (χ0) is 19.3. The van der Waals surface area contributed by atoms with Crippen LogP contribution in [0.5, 0.6) is 17.4 Å². The second-order valence-corrected chi connectivity index (χ2v) is 6.62. The van der Waals surface area contributed by atoms with Gasteiger partial charge in [0.15, 0.2) is 11.5 Å². The average molecular weight is 394 g/mol. The van der Waals surface area contributed by atoms with E-state index >= 15 is 0 Å². The monoisotopic (exact) mass is 393 g/mol. The minimum atomic E-state index is -0.593. The van der Waals surface area contributed by atoms with E-state index in [0.717, 1.165) is 5.56 Å². The predicted octanol–water partition coefficient (Wildman–Crippen LogP) is 3.07. The summed E-state index contributed by atoms with van der Waals surface area (Å²) in [6.07, 6.45) is 3.37. The van der Waals surface area contributed by atoms with Crippen LogP contribution in [0.1, 0.15) is 17.0 Å². The topological polar surface area (TPSA) is 119 Å². The number of H-pyrrole nitrogens is 1. The van der Waals surface area contributed by atoms with Gasteiger partial charge in [0.05, 0.1) is 17.2 Å². The molecule has 4 heterocycles. The van der Waals surface area contributed by atoms with Crippen molar-refractivity contribution >= 4 is 11.6 Å². The molecule has 0 unspecified atom stereocenters. The SMILES string of the molecule is N#CC1=C(N)Oc2n[nH]c(-c3cccnc3)c2[C@H]1c1cc2c(cc1Cl)OCO2. The number of aromatic nitrogens is 3. The van der Waals surface area contributed by atoms with Crippen molar-refractivity contribution in [2.75, 3.05) is 6.79 Å². The zero-order valence-electron chi connectivity index (χ0n) is 14.3. The van der Waals surface area contributed by atoms with Gasteiger partial charge < -0.3 is 19.9 Å². The van der Waals surface area contributed by atoms with Gasteiger partial charge in [-0.15, -0.1) is 5.10 Å². The molecule has 0 saturated carbocycles. The van der Waals surface area contributed by atoms with E-state index in [-0.39, 0.29) is 24.1 Å². The first kappa shape index (κ1) is 16.5. The third kappa shape index (κ3) is 2.37. The van der Waals surface area contributed by atoms with Gasteiger partial charge >= 0.3 is 0 Å². The molecule has 2 aliphatic rings. The van der Waals surface area contributed by atoms with Crippen molar-refractivity contribution in [3.63, 3.8) is 0 Å². The predicted molar refractivity (Wildman–Crippen MR) is 98.7 cm³/mol. The molecule has 9 heteroatoms. The Balaban J connectivity index is 1.76. The Hall–Kier alpha value is -3.70. The Morgan fingerprint density at radius 2 is 2.11 bits per heavy atom. The molecule has 8 nitrogen and oxygen atoms in total. The van der Waals surface area contributed by atoms with Crippen LogP contribution in [0.2, 0.25) is 5.02 Å². The number of aromatic amines is 1. The number of hydrogen-bond acceptors (Lipinski definition) is 7. The number of ether oxygens (including phenoxy) is 3. The lowest BCUT2D eigenvalue weighted by Gasteiger charge is -2.25. The number of nitrogens with one attached hydrogen (secondary N) is 1. The summed E-state index contributed by atoms with van der Waals surface area (Å²) in [6.45, 7) is 0.115. The fourth-order valence-corrected chi connectivity index (χ4v) is 3.70. The van der Waals surface area contributed by atoms with Crippen LogP contribution in [0.3, 0.4) is 0 Å². The first-order chi connectivity index (χ1) is 13.7. The molecule has 0 aliphatic carbocycles. The highest BCUT2D eigenvalue weighted by molar-refractivity contribution is 6.31. The lowest BCUT2D eigenvalue weighted by atomic mass is 9.83. The lowest BCUT2D eigenvalue weighted by Crippen LogP contribution is -2.21. The van der Waals surface area contributed by atoms with Crippen molar-refractivity contribution in [2.24, 2.45) is 5.73 Å². The van der Waals surface area contributed by atoms with Crippen LogP contribution in [-0.2, 0) is 0 Å². The number of benzene rings is 1. The summed E-state index contributed by atoms with van der Waals surface area (Å²) in [7, 11) is 0. The molecule has 28 heavy (non-hydrogen) atoms. The average Bonchev–Trinajstić information content (AvgIpc) is 3.33. The number of allylic oxidation sites excluding steroid dienone is 1. The molecule has 0 amide bonds. The zero-order valence-corrected chi connectivity index (χ0v) is 15.0. The summed E-state index contributed by atoms with van der Waals surface area (Å²) in [5.74, 6) is 0.780. The molecule has 0 saturated heterocycles. The second-order valence-electron chi connectivity index (χ2n) is 6.21. The van der Waals surface area contributed by atoms with Crippen molar-refractivity contribution in [2.45, 2.75) is 5.92 Å². The van der Waals surface area contributed by atoms with Crippen LogP contribution in [0.25, 0.3) is 11.3 Å². The van der Waals surface area contributed by atoms with Gasteiger partial charge in [-0.3, -0.25) is 10.1 Å². The van der Waals surface area contributed by atoms with Gasteiger partial charge in [-0.25, -0.2) is 0 Å². The first-order valence-corrected chi connectivity index (χ1v) is 8.70. The van der Waals surface area contributed by atoms with Crippen LogP contribution in [0.15, 0.2) is 48.1 Å². The molecule has 2 aromatic heterocycles. The van der Waals surface area contributed by atoms with Crippen molar-refractivity contribution in [1.82, 2.24) is 15.2 Å². The van der Waals surface area contributed by atoms with Crippen molar-refractivity contribution in [1.29, 1.82) is 5.26 Å². The Bertz CT molecular complexity index is 1170. The molecule has 2 aliphatic heterocycles. The van der Waals surface area contributed by atoms with E-state index in [1.54, 1.807) is 24.5 Å². The van der Waals surface area contributed by atoms with Gasteiger partial charge in [-0.1, -0.05) is 11.6 Å². The van der Waals surface area contributed by atoms with Crippen molar-refractivity contribution < 1.29 is 14.2 Å². The third-order valence-corrected chi connectivity index (χ3v) is 5.02. The van der Waals surface area contributed by atoms with Gasteiger partial charge in [0.25, 0.3) is 0 Å². The Morgan fingerprint density at radius 3 is 2.86 bits per heavy atom. The summed E-state index contributed by atoms with van der Waals surface area (Å²) in [5, 5.41) is 17.4.